The zero-order valence-electron chi connectivity index (χ0n) is 12.9. The number of ether oxygens (including phenoxy) is 2. The second-order valence-electron chi connectivity index (χ2n) is 4.83. The van der Waals surface area contributed by atoms with Gasteiger partial charge in [-0.15, -0.1) is 0 Å². The minimum Gasteiger partial charge on any atom is -0.493 e. The van der Waals surface area contributed by atoms with Crippen LogP contribution in [-0.2, 0) is 0 Å². The van der Waals surface area contributed by atoms with Gasteiger partial charge in [-0.05, 0) is 60.7 Å². The molecule has 1 amide bonds. The maximum atomic E-state index is 12.5. The lowest BCUT2D eigenvalue weighted by Crippen LogP contribution is -2.27. The van der Waals surface area contributed by atoms with Gasteiger partial charge in [0.15, 0.2) is 11.5 Å². The van der Waals surface area contributed by atoms with Crippen LogP contribution >= 0.6 is 22.6 Å². The predicted octanol–water partition coefficient (Wildman–Crippen LogP) is 3.70. The fourth-order valence-corrected chi connectivity index (χ4v) is 2.74. The molecule has 0 aliphatic rings. The molecule has 22 heavy (non-hydrogen) atoms. The number of carbonyl (C=O) groups excluding carboxylic acids is 1. The molecular weight excluding hydrogens is 397 g/mol. The quantitative estimate of drug-likeness (QED) is 0.757. The SMILES string of the molecule is COc1cc(I)c(C(=O)NC(C)c2ccc(C)o2)cc1OC. The number of aryl methyl sites for hydroxylation is 1. The van der Waals surface area contributed by atoms with Crippen molar-refractivity contribution in [2.24, 2.45) is 0 Å². The van der Waals surface area contributed by atoms with E-state index in [0.29, 0.717) is 17.1 Å². The van der Waals surface area contributed by atoms with E-state index in [1.807, 2.05) is 26.0 Å². The molecule has 1 atom stereocenters. The van der Waals surface area contributed by atoms with Gasteiger partial charge in [-0.2, -0.15) is 0 Å². The van der Waals surface area contributed by atoms with Gasteiger partial charge in [-0.1, -0.05) is 0 Å². The standard InChI is InChI=1S/C16H18INO4/c1-9-5-6-13(22-9)10(2)18-16(19)11-7-14(20-3)15(21-4)8-12(11)17/h5-8,10H,1-4H3,(H,18,19). The lowest BCUT2D eigenvalue weighted by Gasteiger charge is -2.15. The van der Waals surface area contributed by atoms with E-state index >= 15 is 0 Å². The van der Waals surface area contributed by atoms with Crippen LogP contribution in [0.5, 0.6) is 11.5 Å². The zero-order valence-corrected chi connectivity index (χ0v) is 15.1. The number of hydrogen-bond acceptors (Lipinski definition) is 4. The normalized spacial score (nSPS) is 11.9. The summed E-state index contributed by atoms with van der Waals surface area (Å²) < 4.78 is 16.8. The van der Waals surface area contributed by atoms with E-state index < -0.39 is 0 Å². The van der Waals surface area contributed by atoms with Crippen molar-refractivity contribution in [2.75, 3.05) is 14.2 Å². The van der Waals surface area contributed by atoms with E-state index in [0.717, 1.165) is 15.1 Å². The summed E-state index contributed by atoms with van der Waals surface area (Å²) in [5.41, 5.74) is 0.536. The topological polar surface area (TPSA) is 60.7 Å². The third-order valence-electron chi connectivity index (χ3n) is 3.25. The molecule has 1 N–H and O–H groups in total. The van der Waals surface area contributed by atoms with E-state index in [1.54, 1.807) is 26.4 Å². The summed E-state index contributed by atoms with van der Waals surface area (Å²) in [7, 11) is 3.11. The van der Waals surface area contributed by atoms with Crippen LogP contribution in [0.3, 0.4) is 0 Å². The maximum Gasteiger partial charge on any atom is 0.253 e. The second kappa shape index (κ2) is 7.04. The summed E-state index contributed by atoms with van der Waals surface area (Å²) in [4.78, 5) is 12.5. The molecule has 6 heteroatoms. The van der Waals surface area contributed by atoms with E-state index in [1.165, 1.54) is 0 Å². The number of amides is 1. The first kappa shape index (κ1) is 16.7. The molecule has 0 spiro atoms. The Morgan fingerprint density at radius 3 is 2.41 bits per heavy atom. The number of halogens is 1. The van der Waals surface area contributed by atoms with E-state index in [2.05, 4.69) is 27.9 Å². The number of hydrogen-bond donors (Lipinski definition) is 1. The summed E-state index contributed by atoms with van der Waals surface area (Å²) >= 11 is 2.10. The van der Waals surface area contributed by atoms with Gasteiger partial charge in [0.25, 0.3) is 5.91 Å². The first-order valence-electron chi connectivity index (χ1n) is 6.75. The smallest absolute Gasteiger partial charge is 0.253 e. The van der Waals surface area contributed by atoms with Crippen molar-refractivity contribution < 1.29 is 18.7 Å². The van der Waals surface area contributed by atoms with E-state index in [9.17, 15) is 4.79 Å². The summed E-state index contributed by atoms with van der Waals surface area (Å²) in [6, 6.07) is 6.97. The van der Waals surface area contributed by atoms with Crippen molar-refractivity contribution in [1.29, 1.82) is 0 Å². The molecule has 0 aliphatic heterocycles. The minimum atomic E-state index is -0.218. The van der Waals surface area contributed by atoms with Gasteiger partial charge in [0.2, 0.25) is 0 Å². The fraction of sp³-hybridized carbons (Fsp3) is 0.312. The Kier molecular flexibility index (Phi) is 5.33. The Bertz CT molecular complexity index is 681. The average molecular weight is 415 g/mol. The Balaban J connectivity index is 2.22. The molecule has 0 fully saturated rings. The molecule has 1 unspecified atom stereocenters. The van der Waals surface area contributed by atoms with Gasteiger partial charge in [0.05, 0.1) is 25.8 Å². The van der Waals surface area contributed by atoms with Gasteiger partial charge < -0.3 is 19.2 Å². The molecule has 1 aromatic heterocycles. The third kappa shape index (κ3) is 3.55. The number of furan rings is 1. The van der Waals surface area contributed by atoms with Gasteiger partial charge in [-0.3, -0.25) is 4.79 Å². The molecule has 1 heterocycles. The predicted molar refractivity (Wildman–Crippen MR) is 91.6 cm³/mol. The number of nitrogens with one attached hydrogen (secondary N) is 1. The van der Waals surface area contributed by atoms with Crippen LogP contribution < -0.4 is 14.8 Å². The summed E-state index contributed by atoms with van der Waals surface area (Å²) in [5.74, 6) is 2.47. The highest BCUT2D eigenvalue weighted by atomic mass is 127. The third-order valence-corrected chi connectivity index (χ3v) is 4.15. The zero-order chi connectivity index (χ0) is 16.3. The van der Waals surface area contributed by atoms with Crippen LogP contribution in [0.1, 0.15) is 34.8 Å². The number of benzene rings is 1. The Morgan fingerprint density at radius 2 is 1.86 bits per heavy atom. The van der Waals surface area contributed by atoms with Crippen LogP contribution in [0, 0.1) is 10.5 Å². The van der Waals surface area contributed by atoms with Crippen LogP contribution in [0.25, 0.3) is 0 Å². The van der Waals surface area contributed by atoms with Gasteiger partial charge >= 0.3 is 0 Å². The van der Waals surface area contributed by atoms with Gasteiger partial charge in [-0.25, -0.2) is 0 Å². The number of methoxy groups -OCH3 is 2. The van der Waals surface area contributed by atoms with Crippen molar-refractivity contribution in [3.63, 3.8) is 0 Å². The molecule has 0 saturated heterocycles. The Morgan fingerprint density at radius 1 is 1.23 bits per heavy atom. The van der Waals surface area contributed by atoms with Crippen molar-refractivity contribution in [3.8, 4) is 11.5 Å². The van der Waals surface area contributed by atoms with Crippen molar-refractivity contribution in [3.05, 3.63) is 44.9 Å². The van der Waals surface area contributed by atoms with Crippen molar-refractivity contribution in [1.82, 2.24) is 5.32 Å². The Labute approximate surface area is 143 Å². The molecule has 5 nitrogen and oxygen atoms in total. The largest absolute Gasteiger partial charge is 0.493 e. The van der Waals surface area contributed by atoms with Crippen LogP contribution in [-0.4, -0.2) is 20.1 Å². The van der Waals surface area contributed by atoms with Gasteiger partial charge in [0.1, 0.15) is 11.5 Å². The monoisotopic (exact) mass is 415 g/mol. The summed E-state index contributed by atoms with van der Waals surface area (Å²) in [5, 5.41) is 2.92. The maximum absolute atomic E-state index is 12.5. The van der Waals surface area contributed by atoms with Crippen molar-refractivity contribution >= 4 is 28.5 Å². The van der Waals surface area contributed by atoms with Crippen LogP contribution in [0.15, 0.2) is 28.7 Å². The van der Waals surface area contributed by atoms with E-state index in [-0.39, 0.29) is 11.9 Å². The molecule has 0 aliphatic carbocycles. The number of carbonyl (C=O) groups is 1. The lowest BCUT2D eigenvalue weighted by atomic mass is 10.1. The first-order valence-corrected chi connectivity index (χ1v) is 7.82. The fourth-order valence-electron chi connectivity index (χ4n) is 2.06. The molecule has 2 aromatic rings. The van der Waals surface area contributed by atoms with E-state index in [4.69, 9.17) is 13.9 Å². The van der Waals surface area contributed by atoms with Crippen LogP contribution in [0.4, 0.5) is 0 Å². The Hall–Kier alpha value is -1.70. The molecule has 2 rings (SSSR count). The summed E-state index contributed by atoms with van der Waals surface area (Å²) in [6.45, 7) is 3.75. The highest BCUT2D eigenvalue weighted by molar-refractivity contribution is 14.1. The van der Waals surface area contributed by atoms with Crippen molar-refractivity contribution in [2.45, 2.75) is 19.9 Å². The number of rotatable bonds is 5. The minimum absolute atomic E-state index is 0.188. The second-order valence-corrected chi connectivity index (χ2v) is 5.99. The average Bonchev–Trinajstić information content (AvgIpc) is 2.93. The molecule has 0 saturated carbocycles. The highest BCUT2D eigenvalue weighted by Gasteiger charge is 2.19. The first-order chi connectivity index (χ1) is 10.5. The lowest BCUT2D eigenvalue weighted by molar-refractivity contribution is 0.0934. The molecule has 1 aromatic carbocycles. The molecule has 0 bridgehead atoms. The molecular formula is C16H18INO4. The molecule has 0 radical (unpaired) electrons. The van der Waals surface area contributed by atoms with Gasteiger partial charge in [0, 0.05) is 3.57 Å². The summed E-state index contributed by atoms with van der Waals surface area (Å²) in [6.07, 6.45) is 0. The molecule has 118 valence electrons. The highest BCUT2D eigenvalue weighted by Crippen LogP contribution is 2.31. The van der Waals surface area contributed by atoms with Crippen LogP contribution in [0.2, 0.25) is 0 Å².